The number of nitrogens with zero attached hydrogens (tertiary/aromatic N) is 3. The molecule has 0 aromatic heterocycles. The zero-order chi connectivity index (χ0) is 29.8. The number of hydrogen-bond donors (Lipinski definition) is 2. The van der Waals surface area contributed by atoms with Crippen molar-refractivity contribution in [2.24, 2.45) is 21.0 Å². The first-order valence-electron chi connectivity index (χ1n) is 13.5. The average molecular weight is 598 g/mol. The van der Waals surface area contributed by atoms with Gasteiger partial charge in [0.1, 0.15) is 16.4 Å². The van der Waals surface area contributed by atoms with Crippen LogP contribution >= 0.6 is 0 Å². The summed E-state index contributed by atoms with van der Waals surface area (Å²) in [6.45, 7) is 12.2. The van der Waals surface area contributed by atoms with E-state index >= 15 is 0 Å². The monoisotopic (exact) mass is 597 g/mol. The molecule has 0 bridgehead atoms. The van der Waals surface area contributed by atoms with Gasteiger partial charge in [-0.25, -0.2) is 4.79 Å². The maximum Gasteiger partial charge on any atom is 0.407 e. The lowest BCUT2D eigenvalue weighted by Gasteiger charge is -2.35. The van der Waals surface area contributed by atoms with Crippen LogP contribution in [0.15, 0.2) is 20.4 Å². The maximum absolute atomic E-state index is 13.4. The number of alkyl carbamates (subject to hydrolysis) is 1. The number of aryl methyl sites for hydroxylation is 1. The molecule has 1 aromatic rings. The Hall–Kier alpha value is -2.67. The molecular weight excluding hydrogens is 554 g/mol. The molecule has 1 amide bonds. The molecule has 0 aliphatic carbocycles. The van der Waals surface area contributed by atoms with Crippen molar-refractivity contribution in [3.63, 3.8) is 0 Å². The average Bonchev–Trinajstić information content (AvgIpc) is 3.23. The van der Waals surface area contributed by atoms with Crippen LogP contribution in [-0.2, 0) is 25.6 Å². The molecule has 13 heteroatoms. The van der Waals surface area contributed by atoms with Crippen molar-refractivity contribution >= 4 is 37.9 Å². The summed E-state index contributed by atoms with van der Waals surface area (Å²) in [7, 11) is -3.66. The minimum absolute atomic E-state index is 0.0603. The van der Waals surface area contributed by atoms with Gasteiger partial charge in [0.25, 0.3) is 10.0 Å². The highest BCUT2D eigenvalue weighted by Crippen LogP contribution is 2.32. The number of nitrogens with one attached hydrogen (secondary N) is 1. The van der Waals surface area contributed by atoms with Crippen LogP contribution in [0.4, 0.5) is 4.79 Å². The molecule has 1 aromatic carbocycles. The zero-order valence-electron chi connectivity index (χ0n) is 24.6. The highest BCUT2D eigenvalue weighted by atomic mass is 32.2. The van der Waals surface area contributed by atoms with Gasteiger partial charge in [-0.3, -0.25) is 9.20 Å². The fourth-order valence-electron chi connectivity index (χ4n) is 5.20. The lowest BCUT2D eigenvalue weighted by Crippen LogP contribution is -2.47. The van der Waals surface area contributed by atoms with Gasteiger partial charge < -0.3 is 25.4 Å². The molecule has 2 aliphatic rings. The molecular formula is C27H43N5O6S2. The Morgan fingerprint density at radius 1 is 1.30 bits per heavy atom. The van der Waals surface area contributed by atoms with Crippen LogP contribution in [0.25, 0.3) is 0 Å². The fraction of sp³-hybridized carbons (Fsp3) is 0.667. The Balaban J connectivity index is 1.77. The summed E-state index contributed by atoms with van der Waals surface area (Å²) in [4.78, 5) is 18.9. The van der Waals surface area contributed by atoms with E-state index in [1.807, 2.05) is 6.92 Å². The quantitative estimate of drug-likeness (QED) is 0.342. The number of methoxy groups -OCH3 is 1. The predicted molar refractivity (Wildman–Crippen MR) is 158 cm³/mol. The number of aliphatic imine (C=N–C) groups is 1. The first-order valence-corrected chi connectivity index (χ1v) is 16.3. The number of rotatable bonds is 8. The molecule has 3 N–H and O–H groups in total. The predicted octanol–water partition coefficient (Wildman–Crippen LogP) is 3.17. The van der Waals surface area contributed by atoms with Crippen LogP contribution in [0, 0.1) is 26.7 Å². The Bertz CT molecular complexity index is 1300. The fourth-order valence-corrected chi connectivity index (χ4v) is 7.78. The highest BCUT2D eigenvalue weighted by molar-refractivity contribution is 8.00. The van der Waals surface area contributed by atoms with Crippen molar-refractivity contribution in [1.29, 1.82) is 0 Å². The minimum atomic E-state index is -4.07. The number of piperidine rings is 1. The molecule has 1 fully saturated rings. The molecule has 11 nitrogen and oxygen atoms in total. The summed E-state index contributed by atoms with van der Waals surface area (Å²) >= 11 is 0. The van der Waals surface area contributed by atoms with E-state index in [1.165, 1.54) is 0 Å². The van der Waals surface area contributed by atoms with Crippen molar-refractivity contribution in [3.05, 3.63) is 22.8 Å². The van der Waals surface area contributed by atoms with Crippen molar-refractivity contribution in [2.75, 3.05) is 32.5 Å². The smallest absolute Gasteiger partial charge is 0.407 e. The summed E-state index contributed by atoms with van der Waals surface area (Å²) in [6.07, 6.45) is 2.06. The number of ether oxygens (including phenoxy) is 2. The van der Waals surface area contributed by atoms with E-state index < -0.39 is 32.5 Å². The first kappa shape index (κ1) is 31.9. The number of hydrogen-bond acceptors (Lipinski definition) is 7. The van der Waals surface area contributed by atoms with Gasteiger partial charge in [-0.15, -0.1) is 4.40 Å². The van der Waals surface area contributed by atoms with Gasteiger partial charge in [-0.2, -0.15) is 8.42 Å². The number of likely N-dealkylation sites (tertiary alicyclic amines) is 1. The molecule has 40 heavy (non-hydrogen) atoms. The van der Waals surface area contributed by atoms with E-state index in [4.69, 9.17) is 15.2 Å². The summed E-state index contributed by atoms with van der Waals surface area (Å²) in [6, 6.07) is 1.35. The van der Waals surface area contributed by atoms with Crippen LogP contribution in [0.1, 0.15) is 63.1 Å². The molecule has 3 atom stereocenters. The number of benzene rings is 1. The summed E-state index contributed by atoms with van der Waals surface area (Å²) in [5.74, 6) is 1.15. The van der Waals surface area contributed by atoms with E-state index in [9.17, 15) is 17.4 Å². The third-order valence-corrected chi connectivity index (χ3v) is 10.0. The Kier molecular flexibility index (Phi) is 10.3. The van der Waals surface area contributed by atoms with Gasteiger partial charge in [0, 0.05) is 31.3 Å². The Morgan fingerprint density at radius 3 is 2.60 bits per heavy atom. The van der Waals surface area contributed by atoms with Gasteiger partial charge in [0.2, 0.25) is 5.96 Å². The molecule has 2 aliphatic heterocycles. The summed E-state index contributed by atoms with van der Waals surface area (Å²) in [5, 5.41) is 3.54. The molecule has 224 valence electrons. The van der Waals surface area contributed by atoms with Crippen molar-refractivity contribution in [1.82, 2.24) is 10.2 Å². The normalized spacial score (nSPS) is 21.1. The molecule has 3 unspecified atom stereocenters. The molecule has 0 radical (unpaired) electrons. The summed E-state index contributed by atoms with van der Waals surface area (Å²) < 4.78 is 53.9. The lowest BCUT2D eigenvalue weighted by molar-refractivity contribution is 0.0495. The molecule has 3 rings (SSSR count). The minimum Gasteiger partial charge on any atom is -0.496 e. The number of guanidine groups is 1. The van der Waals surface area contributed by atoms with E-state index in [0.717, 1.165) is 18.4 Å². The second-order valence-corrected chi connectivity index (χ2v) is 14.6. The van der Waals surface area contributed by atoms with Gasteiger partial charge in [0.05, 0.1) is 29.3 Å². The Labute approximate surface area is 240 Å². The molecule has 0 saturated carbocycles. The number of carbonyl (C=O) groups excluding carboxylic acids is 1. The lowest BCUT2D eigenvalue weighted by atomic mass is 9.90. The van der Waals surface area contributed by atoms with E-state index in [0.29, 0.717) is 60.1 Å². The van der Waals surface area contributed by atoms with Crippen LogP contribution in [-0.4, -0.2) is 78.8 Å². The number of amides is 1. The van der Waals surface area contributed by atoms with Gasteiger partial charge in [-0.05, 0) is 89.5 Å². The second kappa shape index (κ2) is 12.9. The highest BCUT2D eigenvalue weighted by Gasteiger charge is 2.30. The van der Waals surface area contributed by atoms with E-state index in [2.05, 4.69) is 14.7 Å². The molecule has 1 saturated heterocycles. The molecule has 2 heterocycles. The van der Waals surface area contributed by atoms with E-state index in [1.54, 1.807) is 52.7 Å². The second-order valence-electron chi connectivity index (χ2n) is 11.5. The first-order chi connectivity index (χ1) is 18.6. The third-order valence-electron chi connectivity index (χ3n) is 7.10. The van der Waals surface area contributed by atoms with E-state index in [-0.39, 0.29) is 22.8 Å². The van der Waals surface area contributed by atoms with Gasteiger partial charge in [0.15, 0.2) is 0 Å². The van der Waals surface area contributed by atoms with Crippen molar-refractivity contribution < 1.29 is 26.9 Å². The van der Waals surface area contributed by atoms with Crippen LogP contribution in [0.2, 0.25) is 0 Å². The van der Waals surface area contributed by atoms with Crippen LogP contribution < -0.4 is 15.8 Å². The number of carbonyl (C=O) groups is 1. The largest absolute Gasteiger partial charge is 0.496 e. The number of sulfonamides is 1. The van der Waals surface area contributed by atoms with Gasteiger partial charge in [-0.1, -0.05) is 0 Å². The number of nitrogens with two attached hydrogens (primary N) is 1. The van der Waals surface area contributed by atoms with Crippen LogP contribution in [0.3, 0.4) is 0 Å². The zero-order valence-corrected chi connectivity index (χ0v) is 26.2. The standard InChI is InChI=1S/C27H43N5O6S2/c1-17-13-22(37-7)18(2)19(3)24(17)40(35,36)31-25(28)32-11-8-9-20(16-32)14-21(15-23-29-10-12-39(23)34)30-26(33)38-27(4,5)6/h13,20-21H,8-12,14-16H2,1-7H3,(H2,28,31)(H,30,33). The summed E-state index contributed by atoms with van der Waals surface area (Å²) in [5.41, 5.74) is 7.48. The third kappa shape index (κ3) is 8.18. The molecule has 0 spiro atoms. The topological polar surface area (TPSA) is 153 Å². The van der Waals surface area contributed by atoms with Gasteiger partial charge >= 0.3 is 6.09 Å². The SMILES string of the molecule is COc1cc(C)c(S(=O)(=O)/N=C(\N)N2CCCC(CC(CC3=NCCS3=O)NC(=O)OC(C)(C)C)C2)c(C)c1C. The Morgan fingerprint density at radius 2 is 2.00 bits per heavy atom. The van der Waals surface area contributed by atoms with Crippen molar-refractivity contribution in [2.45, 2.75) is 83.8 Å². The van der Waals surface area contributed by atoms with Crippen LogP contribution in [0.5, 0.6) is 5.75 Å². The van der Waals surface area contributed by atoms with Crippen molar-refractivity contribution in [3.8, 4) is 5.75 Å². The maximum atomic E-state index is 13.4.